The first kappa shape index (κ1) is 14.3. The quantitative estimate of drug-likeness (QED) is 0.816. The van der Waals surface area contributed by atoms with Crippen LogP contribution >= 0.6 is 38.9 Å². The van der Waals surface area contributed by atoms with Crippen molar-refractivity contribution in [2.75, 3.05) is 11.9 Å². The molecule has 100 valence electrons. The molecule has 0 radical (unpaired) electrons. The summed E-state index contributed by atoms with van der Waals surface area (Å²) in [7, 11) is 0. The van der Waals surface area contributed by atoms with Gasteiger partial charge in [0.15, 0.2) is 5.69 Å². The molecule has 0 aliphatic rings. The highest BCUT2D eigenvalue weighted by Crippen LogP contribution is 2.30. The molecule has 0 fully saturated rings. The second-order valence-electron chi connectivity index (χ2n) is 3.50. The van der Waals surface area contributed by atoms with Gasteiger partial charge in [0.05, 0.1) is 17.1 Å². The lowest BCUT2D eigenvalue weighted by atomic mass is 10.3. The standard InChI is InChI=1S/C12H10BrClN2O2S/c1-2-18-12(17)10-11(19-6-15-10)16-7-3-4-9(14)8(13)5-7/h3-6,16H,2H2,1H3. The van der Waals surface area contributed by atoms with Crippen LogP contribution in [0.1, 0.15) is 17.4 Å². The molecule has 4 nitrogen and oxygen atoms in total. The first-order valence-electron chi connectivity index (χ1n) is 5.44. The van der Waals surface area contributed by atoms with Gasteiger partial charge in [0, 0.05) is 10.2 Å². The zero-order chi connectivity index (χ0) is 13.8. The first-order chi connectivity index (χ1) is 9.11. The summed E-state index contributed by atoms with van der Waals surface area (Å²) in [6.07, 6.45) is 0. The van der Waals surface area contributed by atoms with Crippen molar-refractivity contribution in [3.63, 3.8) is 0 Å². The van der Waals surface area contributed by atoms with Crippen molar-refractivity contribution in [2.45, 2.75) is 6.92 Å². The Morgan fingerprint density at radius 1 is 1.58 bits per heavy atom. The van der Waals surface area contributed by atoms with E-state index in [1.165, 1.54) is 11.3 Å². The molecule has 0 aliphatic heterocycles. The second kappa shape index (κ2) is 6.36. The number of esters is 1. The van der Waals surface area contributed by atoms with Crippen molar-refractivity contribution in [2.24, 2.45) is 0 Å². The lowest BCUT2D eigenvalue weighted by molar-refractivity contribution is 0.0521. The summed E-state index contributed by atoms with van der Waals surface area (Å²) in [4.78, 5) is 15.7. The summed E-state index contributed by atoms with van der Waals surface area (Å²) in [5, 5.41) is 4.40. The number of halogens is 2. The van der Waals surface area contributed by atoms with E-state index in [1.54, 1.807) is 18.5 Å². The molecule has 1 heterocycles. The Labute approximate surface area is 127 Å². The van der Waals surface area contributed by atoms with Crippen molar-refractivity contribution < 1.29 is 9.53 Å². The third-order valence-electron chi connectivity index (χ3n) is 2.21. The van der Waals surface area contributed by atoms with Crippen LogP contribution in [0, 0.1) is 0 Å². The Hall–Kier alpha value is -1.11. The predicted octanol–water partition coefficient (Wildman–Crippen LogP) is 4.48. The highest BCUT2D eigenvalue weighted by Gasteiger charge is 2.16. The van der Waals surface area contributed by atoms with Crippen molar-refractivity contribution in [3.8, 4) is 0 Å². The van der Waals surface area contributed by atoms with E-state index < -0.39 is 5.97 Å². The third-order valence-corrected chi connectivity index (χ3v) is 4.17. The molecule has 1 aromatic heterocycles. The lowest BCUT2D eigenvalue weighted by Crippen LogP contribution is -2.07. The van der Waals surface area contributed by atoms with Gasteiger partial charge in [-0.05, 0) is 41.1 Å². The highest BCUT2D eigenvalue weighted by molar-refractivity contribution is 9.10. The molecule has 7 heteroatoms. The normalized spacial score (nSPS) is 10.3. The number of nitrogens with one attached hydrogen (secondary N) is 1. The SMILES string of the molecule is CCOC(=O)c1ncsc1Nc1ccc(Cl)c(Br)c1. The van der Waals surface area contributed by atoms with Gasteiger partial charge in [0.1, 0.15) is 5.00 Å². The molecule has 0 atom stereocenters. The minimum Gasteiger partial charge on any atom is -0.461 e. The molecule has 0 aliphatic carbocycles. The van der Waals surface area contributed by atoms with Crippen molar-refractivity contribution >= 4 is 55.5 Å². The van der Waals surface area contributed by atoms with Gasteiger partial charge in [-0.15, -0.1) is 11.3 Å². The van der Waals surface area contributed by atoms with E-state index in [-0.39, 0.29) is 5.69 Å². The lowest BCUT2D eigenvalue weighted by Gasteiger charge is -2.07. The number of hydrogen-bond donors (Lipinski definition) is 1. The topological polar surface area (TPSA) is 51.2 Å². The molecule has 0 unspecified atom stereocenters. The minimum absolute atomic E-state index is 0.290. The average Bonchev–Trinajstić information content (AvgIpc) is 2.82. The Morgan fingerprint density at radius 3 is 3.05 bits per heavy atom. The molecular weight excluding hydrogens is 352 g/mol. The number of carbonyl (C=O) groups is 1. The van der Waals surface area contributed by atoms with Gasteiger partial charge in [0.25, 0.3) is 0 Å². The Bertz CT molecular complexity index is 603. The van der Waals surface area contributed by atoms with E-state index in [9.17, 15) is 4.79 Å². The van der Waals surface area contributed by atoms with Gasteiger partial charge < -0.3 is 10.1 Å². The van der Waals surface area contributed by atoms with Gasteiger partial charge in [-0.2, -0.15) is 0 Å². The van der Waals surface area contributed by atoms with E-state index in [4.69, 9.17) is 16.3 Å². The molecular formula is C12H10BrClN2O2S. The summed E-state index contributed by atoms with van der Waals surface area (Å²) in [6, 6.07) is 5.41. The molecule has 0 saturated carbocycles. The van der Waals surface area contributed by atoms with Crippen LogP contribution in [-0.4, -0.2) is 17.6 Å². The van der Waals surface area contributed by atoms with Crippen LogP contribution in [0.25, 0.3) is 0 Å². The third kappa shape index (κ3) is 3.46. The molecule has 0 saturated heterocycles. The summed E-state index contributed by atoms with van der Waals surface area (Å²) in [6.45, 7) is 2.08. The van der Waals surface area contributed by atoms with Gasteiger partial charge in [0.2, 0.25) is 0 Å². The number of carbonyl (C=O) groups excluding carboxylic acids is 1. The molecule has 0 spiro atoms. The Morgan fingerprint density at radius 2 is 2.37 bits per heavy atom. The molecule has 1 N–H and O–H groups in total. The maximum Gasteiger partial charge on any atom is 0.360 e. The summed E-state index contributed by atoms with van der Waals surface area (Å²) in [5.74, 6) is -0.431. The highest BCUT2D eigenvalue weighted by atomic mass is 79.9. The van der Waals surface area contributed by atoms with E-state index in [1.807, 2.05) is 12.1 Å². The Balaban J connectivity index is 2.21. The zero-order valence-corrected chi connectivity index (χ0v) is 13.1. The smallest absolute Gasteiger partial charge is 0.360 e. The number of anilines is 2. The van der Waals surface area contributed by atoms with Gasteiger partial charge in [-0.3, -0.25) is 0 Å². The largest absolute Gasteiger partial charge is 0.461 e. The van der Waals surface area contributed by atoms with Crippen molar-refractivity contribution in [3.05, 3.63) is 38.9 Å². The number of thiazole rings is 1. The molecule has 0 amide bonds. The Kier molecular flexibility index (Phi) is 4.79. The molecule has 1 aromatic carbocycles. The van der Waals surface area contributed by atoms with E-state index in [0.717, 1.165) is 10.2 Å². The van der Waals surface area contributed by atoms with Crippen LogP contribution in [0.5, 0.6) is 0 Å². The molecule has 2 rings (SSSR count). The van der Waals surface area contributed by atoms with Crippen LogP contribution in [0.3, 0.4) is 0 Å². The molecule has 2 aromatic rings. The van der Waals surface area contributed by atoms with Crippen molar-refractivity contribution in [1.82, 2.24) is 4.98 Å². The first-order valence-corrected chi connectivity index (χ1v) is 7.49. The van der Waals surface area contributed by atoms with Crippen LogP contribution < -0.4 is 5.32 Å². The zero-order valence-electron chi connectivity index (χ0n) is 9.94. The summed E-state index contributed by atoms with van der Waals surface area (Å²) in [5.41, 5.74) is 2.70. The van der Waals surface area contributed by atoms with Gasteiger partial charge >= 0.3 is 5.97 Å². The molecule has 19 heavy (non-hydrogen) atoms. The van der Waals surface area contributed by atoms with E-state index in [0.29, 0.717) is 16.6 Å². The van der Waals surface area contributed by atoms with Crippen LogP contribution in [0.4, 0.5) is 10.7 Å². The fourth-order valence-electron chi connectivity index (χ4n) is 1.38. The van der Waals surface area contributed by atoms with Gasteiger partial charge in [-0.25, -0.2) is 9.78 Å². The number of ether oxygens (including phenoxy) is 1. The average molecular weight is 362 g/mol. The number of nitrogens with zero attached hydrogens (tertiary/aromatic N) is 1. The van der Waals surface area contributed by atoms with Crippen molar-refractivity contribution in [1.29, 1.82) is 0 Å². The maximum absolute atomic E-state index is 11.7. The number of rotatable bonds is 4. The van der Waals surface area contributed by atoms with E-state index in [2.05, 4.69) is 26.2 Å². The maximum atomic E-state index is 11.7. The fourth-order valence-corrected chi connectivity index (χ4v) is 2.57. The second-order valence-corrected chi connectivity index (χ2v) is 5.62. The summed E-state index contributed by atoms with van der Waals surface area (Å²) < 4.78 is 5.72. The van der Waals surface area contributed by atoms with Crippen LogP contribution in [0.2, 0.25) is 5.02 Å². The minimum atomic E-state index is -0.431. The number of aromatic nitrogens is 1. The van der Waals surface area contributed by atoms with Gasteiger partial charge in [-0.1, -0.05) is 11.6 Å². The summed E-state index contributed by atoms with van der Waals surface area (Å²) >= 11 is 10.6. The number of hydrogen-bond acceptors (Lipinski definition) is 5. The van der Waals surface area contributed by atoms with E-state index >= 15 is 0 Å². The molecule has 0 bridgehead atoms. The number of benzene rings is 1. The monoisotopic (exact) mass is 360 g/mol. The van der Waals surface area contributed by atoms with Crippen LogP contribution in [0.15, 0.2) is 28.2 Å². The fraction of sp³-hybridized carbons (Fsp3) is 0.167. The van der Waals surface area contributed by atoms with Crippen LogP contribution in [-0.2, 0) is 4.74 Å². The predicted molar refractivity (Wildman–Crippen MR) is 80.5 cm³/mol.